The molecule has 0 amide bonds. The van der Waals surface area contributed by atoms with E-state index in [0.717, 1.165) is 23.4 Å². The van der Waals surface area contributed by atoms with Crippen molar-refractivity contribution in [1.29, 1.82) is 5.41 Å². The Morgan fingerprint density at radius 2 is 1.81 bits per heavy atom. The lowest BCUT2D eigenvalue weighted by Crippen LogP contribution is -2.30. The van der Waals surface area contributed by atoms with Gasteiger partial charge in [-0.15, -0.1) is 0 Å². The Hall–Kier alpha value is -1.30. The van der Waals surface area contributed by atoms with Crippen molar-refractivity contribution in [1.82, 2.24) is 3.96 Å². The van der Waals surface area contributed by atoms with E-state index in [4.69, 9.17) is 33.6 Å². The van der Waals surface area contributed by atoms with Crippen molar-refractivity contribution in [3.8, 4) is 0 Å². The molecule has 1 fully saturated rings. The van der Waals surface area contributed by atoms with Crippen molar-refractivity contribution >= 4 is 46.4 Å². The Bertz CT molecular complexity index is 832. The predicted molar refractivity (Wildman–Crippen MR) is 112 cm³/mol. The van der Waals surface area contributed by atoms with Gasteiger partial charge in [0, 0.05) is 10.6 Å². The lowest BCUT2D eigenvalue weighted by atomic mass is 9.97. The van der Waals surface area contributed by atoms with Crippen LogP contribution in [0.1, 0.15) is 49.8 Å². The molecular weight excluding hydrogens is 387 g/mol. The summed E-state index contributed by atoms with van der Waals surface area (Å²) in [4.78, 5) is 6.09. The van der Waals surface area contributed by atoms with Gasteiger partial charge in [-0.1, -0.05) is 66.8 Å². The molecule has 0 unspecified atom stereocenters. The van der Waals surface area contributed by atoms with Gasteiger partial charge in [0.15, 0.2) is 0 Å². The second-order valence-electron chi connectivity index (χ2n) is 6.73. The van der Waals surface area contributed by atoms with Crippen LogP contribution in [-0.2, 0) is 0 Å². The molecule has 0 saturated heterocycles. The summed E-state index contributed by atoms with van der Waals surface area (Å²) >= 11 is 13.7. The largest absolute Gasteiger partial charge is 0.325 e. The number of nitrogens with zero attached hydrogens (tertiary/aromatic N) is 2. The van der Waals surface area contributed by atoms with Gasteiger partial charge in [0.05, 0.1) is 16.1 Å². The van der Waals surface area contributed by atoms with Crippen LogP contribution in [-0.4, -0.2) is 16.0 Å². The Kier molecular flexibility index (Phi) is 6.79. The minimum Gasteiger partial charge on any atom is -0.325 e. The molecule has 0 aliphatic heterocycles. The van der Waals surface area contributed by atoms with E-state index < -0.39 is 0 Å². The lowest BCUT2D eigenvalue weighted by molar-refractivity contribution is 0.454. The number of aliphatic imine (C=N–C) groups is 1. The molecule has 1 aliphatic rings. The SMILES string of the molecule is Cc1cc(=N)n(C(=NC2CCCCCCC2)Nc2ccc(Cl)c(Cl)c2)s1. The minimum atomic E-state index is 0.287. The number of nitrogens with one attached hydrogen (secondary N) is 2. The fraction of sp³-hybridized carbons (Fsp3) is 0.474. The van der Waals surface area contributed by atoms with E-state index in [-0.39, 0.29) is 6.04 Å². The maximum Gasteiger partial charge on any atom is 0.218 e. The monoisotopic (exact) mass is 410 g/mol. The zero-order chi connectivity index (χ0) is 18.5. The molecule has 1 saturated carbocycles. The van der Waals surface area contributed by atoms with Crippen LogP contribution in [0, 0.1) is 12.3 Å². The number of halogens is 2. The Morgan fingerprint density at radius 3 is 2.42 bits per heavy atom. The van der Waals surface area contributed by atoms with E-state index in [1.165, 1.54) is 43.6 Å². The third-order valence-electron chi connectivity index (χ3n) is 4.54. The topological polar surface area (TPSA) is 53.2 Å². The standard InChI is InChI=1S/C19H24Cl2N4S/c1-13-11-18(22)25(26-13)19(23-14-7-5-3-2-4-6-8-14)24-15-9-10-16(20)17(21)12-15/h9-12,14,22H,2-8H2,1H3,(H,23,24). The quantitative estimate of drug-likeness (QED) is 0.457. The van der Waals surface area contributed by atoms with Crippen LogP contribution in [0.3, 0.4) is 0 Å². The fourth-order valence-electron chi connectivity index (χ4n) is 3.20. The van der Waals surface area contributed by atoms with Gasteiger partial charge in [-0.3, -0.25) is 5.41 Å². The predicted octanol–water partition coefficient (Wildman–Crippen LogP) is 6.07. The normalized spacial score (nSPS) is 17.0. The van der Waals surface area contributed by atoms with Gasteiger partial charge in [0.2, 0.25) is 5.96 Å². The number of hydrogen-bond acceptors (Lipinski definition) is 3. The molecule has 0 spiro atoms. The highest BCUT2D eigenvalue weighted by Gasteiger charge is 2.14. The number of hydrogen-bond donors (Lipinski definition) is 2. The van der Waals surface area contributed by atoms with Gasteiger partial charge < -0.3 is 5.32 Å². The smallest absolute Gasteiger partial charge is 0.218 e. The fourth-order valence-corrected chi connectivity index (χ4v) is 4.28. The van der Waals surface area contributed by atoms with Gasteiger partial charge >= 0.3 is 0 Å². The lowest BCUT2D eigenvalue weighted by Gasteiger charge is -2.19. The first-order chi connectivity index (χ1) is 12.5. The first-order valence-corrected chi connectivity index (χ1v) is 10.6. The maximum atomic E-state index is 8.27. The van der Waals surface area contributed by atoms with Crippen molar-refractivity contribution < 1.29 is 0 Å². The van der Waals surface area contributed by atoms with Crippen molar-refractivity contribution in [3.05, 3.63) is 44.7 Å². The zero-order valence-electron chi connectivity index (χ0n) is 14.9. The van der Waals surface area contributed by atoms with Crippen LogP contribution in [0.2, 0.25) is 10.0 Å². The van der Waals surface area contributed by atoms with E-state index in [1.807, 2.05) is 23.0 Å². The van der Waals surface area contributed by atoms with Crippen LogP contribution in [0.15, 0.2) is 29.3 Å². The molecule has 1 aromatic carbocycles. The molecule has 0 bridgehead atoms. The number of aromatic nitrogens is 1. The zero-order valence-corrected chi connectivity index (χ0v) is 17.2. The minimum absolute atomic E-state index is 0.287. The van der Waals surface area contributed by atoms with Crippen LogP contribution in [0.5, 0.6) is 0 Å². The molecule has 140 valence electrons. The molecule has 1 aromatic heterocycles. The summed E-state index contributed by atoms with van der Waals surface area (Å²) in [7, 11) is 0. The van der Waals surface area contributed by atoms with Crippen LogP contribution in [0.4, 0.5) is 5.69 Å². The molecule has 0 radical (unpaired) electrons. The first-order valence-electron chi connectivity index (χ1n) is 9.08. The van der Waals surface area contributed by atoms with Gasteiger partial charge in [-0.2, -0.15) is 0 Å². The van der Waals surface area contributed by atoms with E-state index in [0.29, 0.717) is 21.5 Å². The van der Waals surface area contributed by atoms with Gasteiger partial charge in [-0.25, -0.2) is 8.95 Å². The highest BCUT2D eigenvalue weighted by Crippen LogP contribution is 2.26. The molecule has 7 heteroatoms. The molecule has 2 N–H and O–H groups in total. The summed E-state index contributed by atoms with van der Waals surface area (Å²) in [6.45, 7) is 2.01. The molecule has 2 aromatic rings. The molecule has 3 rings (SSSR count). The molecule has 0 atom stereocenters. The Labute approximate surface area is 168 Å². The second kappa shape index (κ2) is 9.07. The summed E-state index contributed by atoms with van der Waals surface area (Å²) < 4.78 is 1.84. The summed E-state index contributed by atoms with van der Waals surface area (Å²) in [6, 6.07) is 7.59. The Morgan fingerprint density at radius 1 is 1.12 bits per heavy atom. The first kappa shape index (κ1) is 19.5. The van der Waals surface area contributed by atoms with E-state index in [2.05, 4.69) is 5.32 Å². The van der Waals surface area contributed by atoms with E-state index >= 15 is 0 Å². The van der Waals surface area contributed by atoms with E-state index in [1.54, 1.807) is 12.1 Å². The van der Waals surface area contributed by atoms with Crippen molar-refractivity contribution in [2.75, 3.05) is 5.32 Å². The number of rotatable bonds is 2. The highest BCUT2D eigenvalue weighted by molar-refractivity contribution is 7.07. The molecule has 4 nitrogen and oxygen atoms in total. The van der Waals surface area contributed by atoms with E-state index in [9.17, 15) is 0 Å². The van der Waals surface area contributed by atoms with Gasteiger partial charge in [0.1, 0.15) is 5.49 Å². The van der Waals surface area contributed by atoms with Crippen LogP contribution >= 0.6 is 34.7 Å². The second-order valence-corrected chi connectivity index (χ2v) is 8.74. The third kappa shape index (κ3) is 5.12. The number of benzene rings is 1. The third-order valence-corrected chi connectivity index (χ3v) is 6.24. The Balaban J connectivity index is 1.92. The molecule has 1 aliphatic carbocycles. The summed E-state index contributed by atoms with van der Waals surface area (Å²) in [5.41, 5.74) is 1.26. The van der Waals surface area contributed by atoms with Crippen molar-refractivity contribution in [2.45, 2.75) is 57.9 Å². The number of aryl methyl sites for hydroxylation is 1. The van der Waals surface area contributed by atoms with Crippen LogP contribution in [0.25, 0.3) is 0 Å². The maximum absolute atomic E-state index is 8.27. The van der Waals surface area contributed by atoms with Crippen molar-refractivity contribution in [3.63, 3.8) is 0 Å². The molecule has 1 heterocycles. The summed E-state index contributed by atoms with van der Waals surface area (Å²) in [6.07, 6.45) is 8.55. The summed E-state index contributed by atoms with van der Waals surface area (Å²) in [5, 5.41) is 12.7. The highest BCUT2D eigenvalue weighted by atomic mass is 35.5. The average molecular weight is 411 g/mol. The van der Waals surface area contributed by atoms with Gasteiger partial charge in [0.25, 0.3) is 0 Å². The molecular formula is C19H24Cl2N4S. The average Bonchev–Trinajstić information content (AvgIpc) is 2.91. The number of anilines is 1. The van der Waals surface area contributed by atoms with Crippen molar-refractivity contribution in [2.24, 2.45) is 4.99 Å². The molecule has 26 heavy (non-hydrogen) atoms. The summed E-state index contributed by atoms with van der Waals surface area (Å²) in [5.74, 6) is 0.692. The van der Waals surface area contributed by atoms with Gasteiger partial charge in [-0.05, 0) is 44.0 Å². The van der Waals surface area contributed by atoms with Crippen LogP contribution < -0.4 is 10.8 Å².